The molecule has 2 amide bonds. The Morgan fingerprint density at radius 1 is 1.35 bits per heavy atom. The topological polar surface area (TPSA) is 97.6 Å². The monoisotopic (exact) mass is 333 g/mol. The zero-order chi connectivity index (χ0) is 15.8. The summed E-state index contributed by atoms with van der Waals surface area (Å²) >= 11 is 1.58. The quantitative estimate of drug-likeness (QED) is 0.894. The molecule has 1 saturated carbocycles. The van der Waals surface area contributed by atoms with E-state index in [1.807, 2.05) is 11.6 Å². The SMILES string of the molecule is CC(NC(=O)Nc1nc2c(s1)CCCC2)c1nnnn1C1CC1. The number of nitrogens with zero attached hydrogens (tertiary/aromatic N) is 5. The highest BCUT2D eigenvalue weighted by atomic mass is 32.1. The van der Waals surface area contributed by atoms with Crippen molar-refractivity contribution in [3.8, 4) is 0 Å². The van der Waals surface area contributed by atoms with E-state index in [4.69, 9.17) is 0 Å². The van der Waals surface area contributed by atoms with E-state index in [-0.39, 0.29) is 12.1 Å². The van der Waals surface area contributed by atoms with Crippen molar-refractivity contribution in [3.05, 3.63) is 16.4 Å². The van der Waals surface area contributed by atoms with Crippen LogP contribution in [-0.2, 0) is 12.8 Å². The number of rotatable bonds is 4. The Morgan fingerprint density at radius 2 is 2.17 bits per heavy atom. The first-order valence-corrected chi connectivity index (χ1v) is 8.86. The maximum absolute atomic E-state index is 12.2. The molecule has 1 unspecified atom stereocenters. The van der Waals surface area contributed by atoms with Crippen molar-refractivity contribution in [2.75, 3.05) is 5.32 Å². The molecule has 0 aromatic carbocycles. The lowest BCUT2D eigenvalue weighted by Crippen LogP contribution is -2.32. The van der Waals surface area contributed by atoms with Gasteiger partial charge in [0.1, 0.15) is 0 Å². The molecule has 23 heavy (non-hydrogen) atoms. The molecule has 2 aliphatic carbocycles. The summed E-state index contributed by atoms with van der Waals surface area (Å²) in [6.45, 7) is 1.89. The summed E-state index contributed by atoms with van der Waals surface area (Å²) in [6, 6.07) is -0.132. The Hall–Kier alpha value is -2.03. The van der Waals surface area contributed by atoms with Gasteiger partial charge in [0.05, 0.1) is 17.8 Å². The molecule has 8 nitrogen and oxygen atoms in total. The Bertz CT molecular complexity index is 697. The highest BCUT2D eigenvalue weighted by Crippen LogP contribution is 2.35. The van der Waals surface area contributed by atoms with E-state index < -0.39 is 0 Å². The maximum Gasteiger partial charge on any atom is 0.321 e. The van der Waals surface area contributed by atoms with E-state index in [9.17, 15) is 4.79 Å². The van der Waals surface area contributed by atoms with Crippen LogP contribution >= 0.6 is 11.3 Å². The van der Waals surface area contributed by atoms with Crippen LogP contribution in [0.5, 0.6) is 0 Å². The van der Waals surface area contributed by atoms with E-state index in [0.717, 1.165) is 31.4 Å². The molecule has 0 saturated heterocycles. The van der Waals surface area contributed by atoms with Crippen LogP contribution in [0.2, 0.25) is 0 Å². The Kier molecular flexibility index (Phi) is 3.72. The molecule has 0 radical (unpaired) electrons. The van der Waals surface area contributed by atoms with Crippen LogP contribution in [0.3, 0.4) is 0 Å². The molecule has 2 aromatic rings. The molecule has 2 aliphatic rings. The zero-order valence-electron chi connectivity index (χ0n) is 12.9. The van der Waals surface area contributed by atoms with Crippen LogP contribution in [0.15, 0.2) is 0 Å². The third-order valence-corrected chi connectivity index (χ3v) is 5.28. The number of fused-ring (bicyclic) bond motifs is 1. The van der Waals surface area contributed by atoms with Gasteiger partial charge in [0.25, 0.3) is 0 Å². The smallest absolute Gasteiger partial charge is 0.321 e. The molecule has 122 valence electrons. The highest BCUT2D eigenvalue weighted by Gasteiger charge is 2.30. The molecule has 0 bridgehead atoms. The van der Waals surface area contributed by atoms with E-state index in [1.54, 1.807) is 11.3 Å². The average Bonchev–Trinajstić information content (AvgIpc) is 3.10. The summed E-state index contributed by atoms with van der Waals surface area (Å²) in [5, 5.41) is 18.2. The number of carbonyl (C=O) groups excluding carboxylic acids is 1. The Labute approximate surface area is 137 Å². The van der Waals surface area contributed by atoms with Crippen molar-refractivity contribution < 1.29 is 4.79 Å². The Balaban J connectivity index is 1.39. The number of anilines is 1. The molecule has 1 atom stereocenters. The summed E-state index contributed by atoms with van der Waals surface area (Å²) in [6.07, 6.45) is 6.68. The third-order valence-electron chi connectivity index (χ3n) is 4.21. The predicted octanol–water partition coefficient (Wildman–Crippen LogP) is 2.23. The second-order valence-corrected chi connectivity index (χ2v) is 7.21. The number of amides is 2. The summed E-state index contributed by atoms with van der Waals surface area (Å²) in [4.78, 5) is 18.0. The molecule has 0 aliphatic heterocycles. The van der Waals surface area contributed by atoms with Gasteiger partial charge in [-0.05, 0) is 55.9 Å². The fourth-order valence-electron chi connectivity index (χ4n) is 2.86. The van der Waals surface area contributed by atoms with Gasteiger partial charge in [0.15, 0.2) is 11.0 Å². The van der Waals surface area contributed by atoms with E-state index in [0.29, 0.717) is 17.0 Å². The van der Waals surface area contributed by atoms with Gasteiger partial charge in [0, 0.05) is 4.88 Å². The predicted molar refractivity (Wildman–Crippen MR) is 85.4 cm³/mol. The van der Waals surface area contributed by atoms with E-state index in [2.05, 4.69) is 31.1 Å². The lowest BCUT2D eigenvalue weighted by atomic mass is 10.0. The lowest BCUT2D eigenvalue weighted by molar-refractivity contribution is 0.248. The number of hydrogen-bond donors (Lipinski definition) is 2. The van der Waals surface area contributed by atoms with E-state index >= 15 is 0 Å². The van der Waals surface area contributed by atoms with Crippen molar-refractivity contribution in [1.29, 1.82) is 0 Å². The molecular weight excluding hydrogens is 314 g/mol. The van der Waals surface area contributed by atoms with Gasteiger partial charge in [-0.15, -0.1) is 16.4 Å². The number of thiazole rings is 1. The summed E-state index contributed by atoms with van der Waals surface area (Å²) in [7, 11) is 0. The molecule has 2 heterocycles. The molecule has 2 N–H and O–H groups in total. The second-order valence-electron chi connectivity index (χ2n) is 6.13. The Morgan fingerprint density at radius 3 is 2.96 bits per heavy atom. The van der Waals surface area contributed by atoms with Crippen molar-refractivity contribution in [2.45, 2.75) is 57.5 Å². The maximum atomic E-state index is 12.2. The van der Waals surface area contributed by atoms with Gasteiger partial charge >= 0.3 is 6.03 Å². The highest BCUT2D eigenvalue weighted by molar-refractivity contribution is 7.15. The molecule has 1 fully saturated rings. The first-order valence-electron chi connectivity index (χ1n) is 8.04. The average molecular weight is 333 g/mol. The van der Waals surface area contributed by atoms with Gasteiger partial charge in [-0.25, -0.2) is 14.5 Å². The minimum Gasteiger partial charge on any atom is -0.328 e. The molecule has 0 spiro atoms. The number of nitrogens with one attached hydrogen (secondary N) is 2. The second kappa shape index (κ2) is 5.88. The first kappa shape index (κ1) is 14.6. The summed E-state index contributed by atoms with van der Waals surface area (Å²) < 4.78 is 1.81. The third kappa shape index (κ3) is 3.05. The van der Waals surface area contributed by atoms with Crippen LogP contribution < -0.4 is 10.6 Å². The van der Waals surface area contributed by atoms with Gasteiger partial charge in [0.2, 0.25) is 0 Å². The van der Waals surface area contributed by atoms with Crippen LogP contribution in [0.4, 0.5) is 9.93 Å². The molecule has 2 aromatic heterocycles. The fourth-order valence-corrected chi connectivity index (χ4v) is 3.91. The number of carbonyl (C=O) groups is 1. The standard InChI is InChI=1S/C14H19N7OS/c1-8(12-18-19-20-21(12)9-6-7-9)15-13(22)17-14-16-10-4-2-3-5-11(10)23-14/h8-9H,2-7H2,1H3,(H2,15,16,17,22). The van der Waals surface area contributed by atoms with Gasteiger partial charge < -0.3 is 5.32 Å². The van der Waals surface area contributed by atoms with Gasteiger partial charge in [-0.1, -0.05) is 0 Å². The number of hydrogen-bond acceptors (Lipinski definition) is 6. The number of aromatic nitrogens is 5. The molecule has 9 heteroatoms. The normalized spacial score (nSPS) is 18.3. The summed E-state index contributed by atoms with van der Waals surface area (Å²) in [5.41, 5.74) is 1.14. The minimum absolute atomic E-state index is 0.250. The number of aryl methyl sites for hydroxylation is 2. The van der Waals surface area contributed by atoms with Crippen molar-refractivity contribution >= 4 is 22.5 Å². The van der Waals surface area contributed by atoms with Crippen molar-refractivity contribution in [1.82, 2.24) is 30.5 Å². The van der Waals surface area contributed by atoms with E-state index in [1.165, 1.54) is 17.7 Å². The fraction of sp³-hybridized carbons (Fsp3) is 0.643. The van der Waals surface area contributed by atoms with Crippen LogP contribution in [-0.4, -0.2) is 31.2 Å². The number of tetrazole rings is 1. The molecule has 4 rings (SSSR count). The van der Waals surface area contributed by atoms with Gasteiger partial charge in [-0.2, -0.15) is 0 Å². The zero-order valence-corrected chi connectivity index (χ0v) is 13.8. The lowest BCUT2D eigenvalue weighted by Gasteiger charge is -2.13. The van der Waals surface area contributed by atoms with Gasteiger partial charge in [-0.3, -0.25) is 5.32 Å². The number of urea groups is 1. The minimum atomic E-state index is -0.269. The largest absolute Gasteiger partial charge is 0.328 e. The van der Waals surface area contributed by atoms with Crippen molar-refractivity contribution in [2.24, 2.45) is 0 Å². The first-order chi connectivity index (χ1) is 11.2. The van der Waals surface area contributed by atoms with Crippen LogP contribution in [0.1, 0.15) is 61.1 Å². The van der Waals surface area contributed by atoms with Crippen LogP contribution in [0.25, 0.3) is 0 Å². The molecular formula is C14H19N7OS. The summed E-state index contributed by atoms with van der Waals surface area (Å²) in [5.74, 6) is 0.695. The van der Waals surface area contributed by atoms with Crippen molar-refractivity contribution in [3.63, 3.8) is 0 Å². The van der Waals surface area contributed by atoms with Crippen LogP contribution in [0, 0.1) is 0 Å².